The number of benzene rings is 1. The maximum absolute atomic E-state index is 10.7. The third-order valence-corrected chi connectivity index (χ3v) is 6.52. The summed E-state index contributed by atoms with van der Waals surface area (Å²) in [4.78, 5) is 10.5. The molecule has 1 aromatic carbocycles. The summed E-state index contributed by atoms with van der Waals surface area (Å²) in [6.07, 6.45) is 13.9. The zero-order valence-electron chi connectivity index (χ0n) is 19.3. The maximum Gasteiger partial charge on any atom is 0.303 e. The van der Waals surface area contributed by atoms with E-state index in [0.717, 1.165) is 68.9 Å². The van der Waals surface area contributed by atoms with Crippen LogP contribution in [0.3, 0.4) is 0 Å². The number of hydrogen-bond donors (Lipinski definition) is 3. The average Bonchev–Trinajstić information content (AvgIpc) is 2.68. The van der Waals surface area contributed by atoms with Crippen LogP contribution in [0.2, 0.25) is 0 Å². The van der Waals surface area contributed by atoms with Crippen LogP contribution in [-0.4, -0.2) is 21.3 Å². The Bertz CT molecular complexity index is 754. The van der Waals surface area contributed by atoms with E-state index in [1.165, 1.54) is 18.4 Å². The van der Waals surface area contributed by atoms with Gasteiger partial charge in [0.05, 0.1) is 0 Å². The number of carbonyl (C=O) groups is 1. The van der Waals surface area contributed by atoms with Crippen molar-refractivity contribution in [2.45, 2.75) is 96.8 Å². The highest BCUT2D eigenvalue weighted by Gasteiger charge is 2.30. The summed E-state index contributed by atoms with van der Waals surface area (Å²) in [7, 11) is 0. The van der Waals surface area contributed by atoms with Crippen molar-refractivity contribution in [3.05, 3.63) is 47.1 Å². The van der Waals surface area contributed by atoms with Crippen molar-refractivity contribution in [3.63, 3.8) is 0 Å². The van der Waals surface area contributed by atoms with Gasteiger partial charge in [-0.3, -0.25) is 4.79 Å². The summed E-state index contributed by atoms with van der Waals surface area (Å²) in [5, 5.41) is 30.1. The summed E-state index contributed by atoms with van der Waals surface area (Å²) in [5.74, 6) is -0.0885. The molecule has 0 bridgehead atoms. The first-order valence-corrected chi connectivity index (χ1v) is 11.9. The van der Waals surface area contributed by atoms with E-state index in [1.54, 1.807) is 0 Å². The number of carboxylic acid groups (broad SMARTS) is 1. The van der Waals surface area contributed by atoms with Crippen molar-refractivity contribution in [3.8, 4) is 11.5 Å². The quantitative estimate of drug-likeness (QED) is 0.228. The summed E-state index contributed by atoms with van der Waals surface area (Å²) in [5.41, 5.74) is 4.01. The minimum Gasteiger partial charge on any atom is -0.507 e. The zero-order chi connectivity index (χ0) is 22.8. The molecule has 4 nitrogen and oxygen atoms in total. The molecule has 1 aliphatic rings. The molecule has 0 amide bonds. The minimum absolute atomic E-state index is 0.0178. The van der Waals surface area contributed by atoms with Gasteiger partial charge in [0.25, 0.3) is 0 Å². The second-order valence-electron chi connectivity index (χ2n) is 9.30. The molecule has 31 heavy (non-hydrogen) atoms. The van der Waals surface area contributed by atoms with E-state index in [-0.39, 0.29) is 29.8 Å². The zero-order valence-corrected chi connectivity index (χ0v) is 19.3. The Balaban J connectivity index is 1.81. The molecule has 1 aliphatic carbocycles. The summed E-state index contributed by atoms with van der Waals surface area (Å²) in [6.45, 7) is 8.28. The monoisotopic (exact) mass is 428 g/mol. The second kappa shape index (κ2) is 12.6. The Morgan fingerprint density at radius 2 is 1.55 bits per heavy atom. The highest BCUT2D eigenvalue weighted by atomic mass is 16.4. The fourth-order valence-electron chi connectivity index (χ4n) is 4.74. The van der Waals surface area contributed by atoms with Crippen molar-refractivity contribution in [2.24, 2.45) is 5.92 Å². The van der Waals surface area contributed by atoms with E-state index in [2.05, 4.69) is 19.6 Å². The van der Waals surface area contributed by atoms with Crippen molar-refractivity contribution in [1.82, 2.24) is 0 Å². The van der Waals surface area contributed by atoms with E-state index >= 15 is 0 Å². The topological polar surface area (TPSA) is 77.8 Å². The van der Waals surface area contributed by atoms with Crippen LogP contribution >= 0.6 is 0 Å². The van der Waals surface area contributed by atoms with E-state index in [9.17, 15) is 15.0 Å². The predicted octanol–water partition coefficient (Wildman–Crippen LogP) is 7.25. The van der Waals surface area contributed by atoms with Crippen molar-refractivity contribution in [2.75, 3.05) is 0 Å². The van der Waals surface area contributed by atoms with E-state index in [4.69, 9.17) is 5.11 Å². The van der Waals surface area contributed by atoms with Gasteiger partial charge < -0.3 is 15.3 Å². The minimum atomic E-state index is -0.703. The maximum atomic E-state index is 10.7. The molecule has 0 heterocycles. The van der Waals surface area contributed by atoms with E-state index in [0.29, 0.717) is 5.56 Å². The number of hydrogen-bond acceptors (Lipinski definition) is 3. The number of aromatic hydroxyl groups is 2. The summed E-state index contributed by atoms with van der Waals surface area (Å²) >= 11 is 0. The first-order chi connectivity index (χ1) is 14.8. The molecule has 2 atom stereocenters. The molecule has 0 aliphatic heterocycles. The molecular formula is C27H40O4. The number of allylic oxidation sites excluding steroid dienone is 3. The van der Waals surface area contributed by atoms with Crippen LogP contribution in [0.4, 0.5) is 0 Å². The molecule has 2 rings (SSSR count). The molecule has 3 N–H and O–H groups in total. The van der Waals surface area contributed by atoms with Crippen LogP contribution in [0.15, 0.2) is 35.9 Å². The molecule has 0 unspecified atom stereocenters. The van der Waals surface area contributed by atoms with Gasteiger partial charge in [-0.2, -0.15) is 0 Å². The lowest BCUT2D eigenvalue weighted by molar-refractivity contribution is -0.137. The summed E-state index contributed by atoms with van der Waals surface area (Å²) in [6, 6.07) is 3.65. The SMILES string of the molecule is C=C(C)[C@@H]1CCC(C)=C[C@H]1c1c(O)cc(CCCCCCCCCCC(=O)O)cc1O. The van der Waals surface area contributed by atoms with Gasteiger partial charge in [-0.1, -0.05) is 62.3 Å². The van der Waals surface area contributed by atoms with Crippen molar-refractivity contribution >= 4 is 5.97 Å². The molecule has 4 heteroatoms. The van der Waals surface area contributed by atoms with Gasteiger partial charge >= 0.3 is 5.97 Å². The van der Waals surface area contributed by atoms with E-state index in [1.807, 2.05) is 19.1 Å². The largest absolute Gasteiger partial charge is 0.507 e. The summed E-state index contributed by atoms with van der Waals surface area (Å²) < 4.78 is 0. The van der Waals surface area contributed by atoms with Crippen LogP contribution in [0.5, 0.6) is 11.5 Å². The lowest BCUT2D eigenvalue weighted by Gasteiger charge is -2.31. The molecule has 0 radical (unpaired) electrons. The highest BCUT2D eigenvalue weighted by molar-refractivity contribution is 5.66. The van der Waals surface area contributed by atoms with Crippen LogP contribution in [-0.2, 0) is 11.2 Å². The van der Waals surface area contributed by atoms with Crippen molar-refractivity contribution < 1.29 is 20.1 Å². The molecule has 0 saturated heterocycles. The highest BCUT2D eigenvalue weighted by Crippen LogP contribution is 2.46. The lowest BCUT2D eigenvalue weighted by Crippen LogP contribution is -2.17. The smallest absolute Gasteiger partial charge is 0.303 e. The molecule has 0 saturated carbocycles. The number of phenolic OH excluding ortho intramolecular Hbond substituents is 2. The van der Waals surface area contributed by atoms with Gasteiger partial charge in [-0.05, 0) is 69.6 Å². The van der Waals surface area contributed by atoms with Crippen LogP contribution < -0.4 is 0 Å². The predicted molar refractivity (Wildman–Crippen MR) is 127 cm³/mol. The number of carboxylic acids is 1. The van der Waals surface area contributed by atoms with Crippen LogP contribution in [0.1, 0.15) is 102 Å². The number of rotatable bonds is 13. The lowest BCUT2D eigenvalue weighted by atomic mass is 9.73. The fourth-order valence-corrected chi connectivity index (χ4v) is 4.74. The Morgan fingerprint density at radius 1 is 1.00 bits per heavy atom. The molecule has 172 valence electrons. The second-order valence-corrected chi connectivity index (χ2v) is 9.30. The first kappa shape index (κ1) is 25.0. The Hall–Kier alpha value is -2.23. The molecular weight excluding hydrogens is 388 g/mol. The number of aliphatic carboxylic acids is 1. The normalized spacial score (nSPS) is 18.6. The molecule has 0 aromatic heterocycles. The van der Waals surface area contributed by atoms with Gasteiger partial charge in [0.15, 0.2) is 0 Å². The number of unbranched alkanes of at least 4 members (excludes halogenated alkanes) is 7. The molecule has 1 aromatic rings. The van der Waals surface area contributed by atoms with Gasteiger partial charge in [0.2, 0.25) is 0 Å². The Kier molecular flexibility index (Phi) is 10.2. The standard InChI is InChI=1S/C27H40O4/c1-19(2)22-15-14-20(3)16-23(22)27-24(28)17-21(18-25(27)29)12-10-8-6-4-5-7-9-11-13-26(30)31/h16-18,22-23,28-29H,1,4-15H2,2-3H3,(H,30,31)/t22-,23+/m0/s1. The van der Waals surface area contributed by atoms with Crippen LogP contribution in [0, 0.1) is 5.92 Å². The van der Waals surface area contributed by atoms with Gasteiger partial charge in [0.1, 0.15) is 11.5 Å². The first-order valence-electron chi connectivity index (χ1n) is 11.9. The third-order valence-electron chi connectivity index (χ3n) is 6.52. The van der Waals surface area contributed by atoms with Gasteiger partial charge in [0, 0.05) is 17.9 Å². The van der Waals surface area contributed by atoms with Gasteiger partial charge in [-0.25, -0.2) is 0 Å². The average molecular weight is 429 g/mol. The number of phenols is 2. The Labute approximate surface area is 187 Å². The Morgan fingerprint density at radius 3 is 2.10 bits per heavy atom. The van der Waals surface area contributed by atoms with Gasteiger partial charge in [-0.15, -0.1) is 0 Å². The van der Waals surface area contributed by atoms with Crippen LogP contribution in [0.25, 0.3) is 0 Å². The molecule has 0 spiro atoms. The fraction of sp³-hybridized carbons (Fsp3) is 0.593. The number of aryl methyl sites for hydroxylation is 1. The van der Waals surface area contributed by atoms with E-state index < -0.39 is 5.97 Å². The third kappa shape index (κ3) is 8.08. The van der Waals surface area contributed by atoms with Crippen molar-refractivity contribution in [1.29, 1.82) is 0 Å². The molecule has 0 fully saturated rings.